The van der Waals surface area contributed by atoms with Gasteiger partial charge in [-0.1, -0.05) is 37.3 Å². The van der Waals surface area contributed by atoms with Crippen LogP contribution < -0.4 is 15.0 Å². The molecule has 0 bridgehead atoms. The van der Waals surface area contributed by atoms with Crippen LogP contribution in [0, 0.1) is 0 Å². The zero-order valence-corrected chi connectivity index (χ0v) is 18.3. The van der Waals surface area contributed by atoms with Crippen molar-refractivity contribution in [3.8, 4) is 0 Å². The Labute approximate surface area is 179 Å². The number of anilines is 1. The zero-order chi connectivity index (χ0) is 21.8. The molecule has 0 saturated carbocycles. The van der Waals surface area contributed by atoms with Gasteiger partial charge in [-0.3, -0.25) is 14.9 Å². The first-order chi connectivity index (χ1) is 14.2. The van der Waals surface area contributed by atoms with E-state index < -0.39 is 26.0 Å². The molecule has 3 aromatic rings. The summed E-state index contributed by atoms with van der Waals surface area (Å²) in [5.41, 5.74) is 3.08. The summed E-state index contributed by atoms with van der Waals surface area (Å²) in [5, 5.41) is 1.62. The van der Waals surface area contributed by atoms with Crippen molar-refractivity contribution < 1.29 is 21.6 Å². The molecule has 3 rings (SSSR count). The fourth-order valence-corrected chi connectivity index (χ4v) is 5.44. The van der Waals surface area contributed by atoms with Crippen LogP contribution in [0.5, 0.6) is 0 Å². The molecule has 0 spiro atoms. The number of nitrogens with one attached hydrogen (secondary N) is 3. The maximum atomic E-state index is 12.5. The van der Waals surface area contributed by atoms with E-state index in [1.54, 1.807) is 29.6 Å². The van der Waals surface area contributed by atoms with E-state index in [9.17, 15) is 21.6 Å². The van der Waals surface area contributed by atoms with Crippen LogP contribution in [0.2, 0.25) is 0 Å². The molecular formula is C19H19N3O5S3. The van der Waals surface area contributed by atoms with Gasteiger partial charge in [0.15, 0.2) is 0 Å². The van der Waals surface area contributed by atoms with E-state index in [2.05, 4.69) is 10.1 Å². The molecule has 1 heterocycles. The Balaban J connectivity index is 1.76. The van der Waals surface area contributed by atoms with Gasteiger partial charge in [0.1, 0.15) is 4.21 Å². The number of amides is 1. The van der Waals surface area contributed by atoms with Gasteiger partial charge in [-0.25, -0.2) is 16.8 Å². The van der Waals surface area contributed by atoms with Gasteiger partial charge in [0.2, 0.25) is 0 Å². The minimum absolute atomic E-state index is 0.00770. The van der Waals surface area contributed by atoms with Crippen molar-refractivity contribution in [1.82, 2.24) is 10.3 Å². The van der Waals surface area contributed by atoms with E-state index in [1.807, 2.05) is 11.8 Å². The summed E-state index contributed by atoms with van der Waals surface area (Å²) < 4.78 is 52.1. The zero-order valence-electron chi connectivity index (χ0n) is 15.8. The Morgan fingerprint density at radius 2 is 1.60 bits per heavy atom. The molecule has 0 radical (unpaired) electrons. The predicted octanol–water partition coefficient (Wildman–Crippen LogP) is 2.73. The van der Waals surface area contributed by atoms with Gasteiger partial charge < -0.3 is 0 Å². The molecule has 2 aromatic carbocycles. The van der Waals surface area contributed by atoms with E-state index in [-0.39, 0.29) is 20.4 Å². The van der Waals surface area contributed by atoms with Gasteiger partial charge in [0, 0.05) is 0 Å². The van der Waals surface area contributed by atoms with Gasteiger partial charge in [-0.05, 0) is 47.7 Å². The van der Waals surface area contributed by atoms with Crippen LogP contribution in [-0.2, 0) is 26.5 Å². The Morgan fingerprint density at radius 1 is 0.900 bits per heavy atom. The van der Waals surface area contributed by atoms with Gasteiger partial charge in [-0.2, -0.15) is 0 Å². The van der Waals surface area contributed by atoms with E-state index in [4.69, 9.17) is 0 Å². The molecule has 30 heavy (non-hydrogen) atoms. The number of benzene rings is 2. The highest BCUT2D eigenvalue weighted by atomic mass is 32.2. The van der Waals surface area contributed by atoms with Crippen molar-refractivity contribution in [3.05, 3.63) is 77.2 Å². The number of hydrogen-bond acceptors (Lipinski definition) is 6. The topological polar surface area (TPSA) is 121 Å². The van der Waals surface area contributed by atoms with Crippen molar-refractivity contribution >= 4 is 43.0 Å². The molecule has 0 aliphatic carbocycles. The molecule has 0 aliphatic rings. The number of para-hydroxylation sites is 1. The highest BCUT2D eigenvalue weighted by Crippen LogP contribution is 2.22. The molecule has 0 aliphatic heterocycles. The average Bonchev–Trinajstić information content (AvgIpc) is 3.28. The Kier molecular flexibility index (Phi) is 6.56. The summed E-state index contributed by atoms with van der Waals surface area (Å²) in [5.74, 6) is -0.812. The highest BCUT2D eigenvalue weighted by Gasteiger charge is 2.21. The molecule has 1 aromatic heterocycles. The summed E-state index contributed by atoms with van der Waals surface area (Å²) in [7, 11) is -7.86. The van der Waals surface area contributed by atoms with Crippen molar-refractivity contribution in [3.63, 3.8) is 0 Å². The molecule has 1 amide bonds. The molecule has 158 valence electrons. The lowest BCUT2D eigenvalue weighted by Crippen LogP contribution is -2.41. The molecule has 8 nitrogen and oxygen atoms in total. The third kappa shape index (κ3) is 5.05. The number of aryl methyl sites for hydroxylation is 1. The second kappa shape index (κ2) is 8.96. The summed E-state index contributed by atoms with van der Waals surface area (Å²) in [6, 6.07) is 15.2. The fraction of sp³-hybridized carbons (Fsp3) is 0.105. The van der Waals surface area contributed by atoms with Crippen LogP contribution in [0.15, 0.2) is 75.1 Å². The highest BCUT2D eigenvalue weighted by molar-refractivity contribution is 7.94. The standard InChI is InChI=1S/C19H19N3O5S3/c1-2-14-9-11-15(12-10-14)29(24,25)22-20-19(23)16-6-3-4-7-17(16)21-30(26,27)18-8-5-13-28-18/h3-13,21-22H,2H2,1H3,(H,20,23). The quantitative estimate of drug-likeness (QED) is 0.442. The smallest absolute Gasteiger partial charge is 0.271 e. The number of hydrogen-bond donors (Lipinski definition) is 3. The van der Waals surface area contributed by atoms with E-state index in [0.29, 0.717) is 0 Å². The van der Waals surface area contributed by atoms with Crippen molar-refractivity contribution in [1.29, 1.82) is 0 Å². The first-order valence-electron chi connectivity index (χ1n) is 8.79. The normalized spacial score (nSPS) is 11.8. The van der Waals surface area contributed by atoms with Crippen LogP contribution in [0.4, 0.5) is 5.69 Å². The third-order valence-corrected chi connectivity index (χ3v) is 8.14. The number of hydrazine groups is 1. The van der Waals surface area contributed by atoms with Crippen LogP contribution in [0.1, 0.15) is 22.8 Å². The molecule has 0 unspecified atom stereocenters. The van der Waals surface area contributed by atoms with Crippen molar-refractivity contribution in [2.24, 2.45) is 0 Å². The Morgan fingerprint density at radius 3 is 2.23 bits per heavy atom. The second-order valence-corrected chi connectivity index (χ2v) is 10.7. The molecule has 0 saturated heterocycles. The van der Waals surface area contributed by atoms with Crippen molar-refractivity contribution in [2.45, 2.75) is 22.4 Å². The molecule has 3 N–H and O–H groups in total. The maximum absolute atomic E-state index is 12.5. The molecule has 0 fully saturated rings. The third-order valence-electron chi connectivity index (χ3n) is 4.12. The minimum Gasteiger partial charge on any atom is -0.278 e. The van der Waals surface area contributed by atoms with Crippen molar-refractivity contribution in [2.75, 3.05) is 4.72 Å². The average molecular weight is 466 g/mol. The maximum Gasteiger partial charge on any atom is 0.271 e. The monoisotopic (exact) mass is 465 g/mol. The first-order valence-corrected chi connectivity index (χ1v) is 12.6. The van der Waals surface area contributed by atoms with E-state index in [1.165, 1.54) is 36.4 Å². The van der Waals surface area contributed by atoms with Crippen LogP contribution in [0.3, 0.4) is 0 Å². The number of sulfonamides is 2. The van der Waals surface area contributed by atoms with E-state index >= 15 is 0 Å². The van der Waals surface area contributed by atoms with Crippen LogP contribution in [-0.4, -0.2) is 22.7 Å². The van der Waals surface area contributed by atoms with Gasteiger partial charge in [0.05, 0.1) is 16.1 Å². The number of rotatable bonds is 8. The number of carbonyl (C=O) groups excluding carboxylic acids is 1. The second-order valence-electron chi connectivity index (χ2n) is 6.14. The summed E-state index contributed by atoms with van der Waals surface area (Å²) in [6.07, 6.45) is 0.767. The summed E-state index contributed by atoms with van der Waals surface area (Å²) in [6.45, 7) is 1.95. The lowest BCUT2D eigenvalue weighted by molar-refractivity contribution is 0.0946. The van der Waals surface area contributed by atoms with E-state index in [0.717, 1.165) is 23.3 Å². The Hall–Kier alpha value is -2.73. The Bertz CT molecular complexity index is 1240. The minimum atomic E-state index is -3.99. The molecule has 11 heteroatoms. The molecular weight excluding hydrogens is 446 g/mol. The first kappa shape index (κ1) is 22.0. The largest absolute Gasteiger partial charge is 0.278 e. The summed E-state index contributed by atoms with van der Waals surface area (Å²) >= 11 is 1.03. The van der Waals surface area contributed by atoms with Gasteiger partial charge in [-0.15, -0.1) is 16.2 Å². The lowest BCUT2D eigenvalue weighted by Gasteiger charge is -2.13. The van der Waals surface area contributed by atoms with Crippen LogP contribution in [0.25, 0.3) is 0 Å². The number of carbonyl (C=O) groups is 1. The van der Waals surface area contributed by atoms with Gasteiger partial charge in [0.25, 0.3) is 26.0 Å². The van der Waals surface area contributed by atoms with Gasteiger partial charge >= 0.3 is 0 Å². The fourth-order valence-electron chi connectivity index (χ4n) is 2.53. The number of thiophene rings is 1. The molecule has 0 atom stereocenters. The van der Waals surface area contributed by atoms with Crippen LogP contribution >= 0.6 is 11.3 Å². The lowest BCUT2D eigenvalue weighted by atomic mass is 10.2. The SMILES string of the molecule is CCc1ccc(S(=O)(=O)NNC(=O)c2ccccc2NS(=O)(=O)c2cccs2)cc1. The summed E-state index contributed by atoms with van der Waals surface area (Å²) in [4.78, 5) is 14.6. The predicted molar refractivity (Wildman–Crippen MR) is 115 cm³/mol.